The van der Waals surface area contributed by atoms with Gasteiger partial charge in [0.15, 0.2) is 0 Å². The third-order valence-corrected chi connectivity index (χ3v) is 6.10. The summed E-state index contributed by atoms with van der Waals surface area (Å²) in [6, 6.07) is 0.449. The van der Waals surface area contributed by atoms with Crippen molar-refractivity contribution in [2.45, 2.75) is 118 Å². The molecule has 0 aliphatic rings. The van der Waals surface area contributed by atoms with Gasteiger partial charge in [-0.25, -0.2) is 0 Å². The highest BCUT2D eigenvalue weighted by Crippen LogP contribution is 2.26. The second-order valence-corrected chi connectivity index (χ2v) is 8.06. The molecule has 0 spiro atoms. The molecule has 4 nitrogen and oxygen atoms in total. The zero-order valence-electron chi connectivity index (χ0n) is 20.6. The summed E-state index contributed by atoms with van der Waals surface area (Å²) in [5.41, 5.74) is 0. The van der Waals surface area contributed by atoms with E-state index in [1.807, 2.05) is 0 Å². The van der Waals surface area contributed by atoms with E-state index >= 15 is 0 Å². The zero-order chi connectivity index (χ0) is 21.3. The molecule has 2 N–H and O–H groups in total. The first-order chi connectivity index (χ1) is 13.6. The van der Waals surface area contributed by atoms with Crippen molar-refractivity contribution in [2.24, 2.45) is 0 Å². The zero-order valence-corrected chi connectivity index (χ0v) is 20.6. The van der Waals surface area contributed by atoms with E-state index in [9.17, 15) is 0 Å². The van der Waals surface area contributed by atoms with E-state index in [2.05, 4.69) is 68.9 Å². The standard InChI is InChI=1S/C24H54N4/c1-8-15-16-17-18-19-20-23(25-21-9-2)24(26-22-10-3,27(11-4)12-5)28(13-6)14-7/h23,25-26H,8-22H2,1-7H3. The molecule has 28 heavy (non-hydrogen) atoms. The van der Waals surface area contributed by atoms with Crippen LogP contribution in [-0.4, -0.2) is 60.9 Å². The smallest absolute Gasteiger partial charge is 0.144 e. The minimum atomic E-state index is -0.0956. The van der Waals surface area contributed by atoms with Crippen LogP contribution in [0.15, 0.2) is 0 Å². The fraction of sp³-hybridized carbons (Fsp3) is 1.00. The Morgan fingerprint density at radius 2 is 1.11 bits per heavy atom. The van der Waals surface area contributed by atoms with Crippen LogP contribution in [-0.2, 0) is 0 Å². The van der Waals surface area contributed by atoms with Crippen molar-refractivity contribution < 1.29 is 0 Å². The summed E-state index contributed by atoms with van der Waals surface area (Å²) in [6.07, 6.45) is 11.8. The second-order valence-electron chi connectivity index (χ2n) is 8.06. The van der Waals surface area contributed by atoms with Crippen LogP contribution in [0.5, 0.6) is 0 Å². The van der Waals surface area contributed by atoms with Crippen LogP contribution in [0.2, 0.25) is 0 Å². The molecule has 1 unspecified atom stereocenters. The summed E-state index contributed by atoms with van der Waals surface area (Å²) in [7, 11) is 0. The average molecular weight is 399 g/mol. The minimum Gasteiger partial charge on any atom is -0.310 e. The van der Waals surface area contributed by atoms with Crippen LogP contribution in [0.4, 0.5) is 0 Å². The summed E-state index contributed by atoms with van der Waals surface area (Å²) in [5.74, 6) is -0.0956. The average Bonchev–Trinajstić information content (AvgIpc) is 2.72. The van der Waals surface area contributed by atoms with Crippen LogP contribution in [0.3, 0.4) is 0 Å². The van der Waals surface area contributed by atoms with Gasteiger partial charge in [-0.05, 0) is 58.5 Å². The van der Waals surface area contributed by atoms with Gasteiger partial charge in [-0.1, -0.05) is 87.0 Å². The molecule has 0 heterocycles. The molecule has 0 aromatic rings. The maximum atomic E-state index is 4.05. The monoisotopic (exact) mass is 398 g/mol. The van der Waals surface area contributed by atoms with Crippen molar-refractivity contribution in [3.05, 3.63) is 0 Å². The van der Waals surface area contributed by atoms with E-state index in [-0.39, 0.29) is 5.79 Å². The molecule has 0 radical (unpaired) electrons. The van der Waals surface area contributed by atoms with Crippen molar-refractivity contribution in [1.29, 1.82) is 0 Å². The highest BCUT2D eigenvalue weighted by molar-refractivity contribution is 4.98. The summed E-state index contributed by atoms with van der Waals surface area (Å²) < 4.78 is 0. The molecule has 0 rings (SSSR count). The fourth-order valence-electron chi connectivity index (χ4n) is 4.60. The molecule has 0 aliphatic carbocycles. The molecule has 0 bridgehead atoms. The quantitative estimate of drug-likeness (QED) is 0.211. The Morgan fingerprint density at radius 3 is 1.57 bits per heavy atom. The third-order valence-electron chi connectivity index (χ3n) is 6.10. The number of nitrogens with zero attached hydrogens (tertiary/aromatic N) is 2. The SMILES string of the molecule is CCCCCCCCC(NCCC)C(NCCC)(N(CC)CC)N(CC)CC. The van der Waals surface area contributed by atoms with E-state index in [0.717, 1.165) is 39.3 Å². The second kappa shape index (κ2) is 17.7. The Balaban J connectivity index is 5.61. The first-order valence-electron chi connectivity index (χ1n) is 12.6. The number of nitrogens with one attached hydrogen (secondary N) is 2. The van der Waals surface area contributed by atoms with Gasteiger partial charge in [-0.2, -0.15) is 0 Å². The molecule has 0 aromatic carbocycles. The molecule has 4 heteroatoms. The molecule has 0 aliphatic heterocycles. The summed E-state index contributed by atoms with van der Waals surface area (Å²) >= 11 is 0. The van der Waals surface area contributed by atoms with E-state index in [0.29, 0.717) is 6.04 Å². The van der Waals surface area contributed by atoms with Crippen molar-refractivity contribution in [3.63, 3.8) is 0 Å². The van der Waals surface area contributed by atoms with Crippen LogP contribution in [0, 0.1) is 0 Å². The van der Waals surface area contributed by atoms with Gasteiger partial charge in [0.05, 0.1) is 6.04 Å². The van der Waals surface area contributed by atoms with Gasteiger partial charge in [0.2, 0.25) is 0 Å². The minimum absolute atomic E-state index is 0.0956. The van der Waals surface area contributed by atoms with E-state index in [1.54, 1.807) is 0 Å². The highest BCUT2D eigenvalue weighted by Gasteiger charge is 2.45. The summed E-state index contributed by atoms with van der Waals surface area (Å²) in [6.45, 7) is 22.6. The van der Waals surface area contributed by atoms with Crippen LogP contribution in [0.25, 0.3) is 0 Å². The van der Waals surface area contributed by atoms with Crippen LogP contribution in [0.1, 0.15) is 106 Å². The van der Waals surface area contributed by atoms with E-state index in [4.69, 9.17) is 0 Å². The molecular formula is C24H54N4. The number of likely N-dealkylation sites (N-methyl/N-ethyl adjacent to an activating group) is 2. The predicted molar refractivity (Wildman–Crippen MR) is 127 cm³/mol. The maximum absolute atomic E-state index is 4.05. The lowest BCUT2D eigenvalue weighted by Gasteiger charge is -2.55. The lowest BCUT2D eigenvalue weighted by atomic mass is 9.96. The van der Waals surface area contributed by atoms with Gasteiger partial charge in [0, 0.05) is 0 Å². The maximum Gasteiger partial charge on any atom is 0.144 e. The molecule has 0 amide bonds. The Labute approximate surface area is 178 Å². The summed E-state index contributed by atoms with van der Waals surface area (Å²) in [5, 5.41) is 8.02. The molecular weight excluding hydrogens is 344 g/mol. The van der Waals surface area contributed by atoms with Crippen molar-refractivity contribution in [2.75, 3.05) is 39.3 Å². The lowest BCUT2D eigenvalue weighted by molar-refractivity contribution is -0.105. The van der Waals surface area contributed by atoms with Crippen molar-refractivity contribution >= 4 is 0 Å². The normalized spacial score (nSPS) is 13.6. The molecule has 1 atom stereocenters. The Bertz CT molecular complexity index is 315. The van der Waals surface area contributed by atoms with E-state index < -0.39 is 0 Å². The van der Waals surface area contributed by atoms with Gasteiger partial charge in [0.1, 0.15) is 5.79 Å². The lowest BCUT2D eigenvalue weighted by Crippen LogP contribution is -2.77. The molecule has 0 saturated heterocycles. The summed E-state index contributed by atoms with van der Waals surface area (Å²) in [4.78, 5) is 5.33. The predicted octanol–water partition coefficient (Wildman–Crippen LogP) is 5.44. The van der Waals surface area contributed by atoms with E-state index in [1.165, 1.54) is 57.8 Å². The number of rotatable bonds is 20. The molecule has 0 aromatic heterocycles. The van der Waals surface area contributed by atoms with Crippen LogP contribution < -0.4 is 10.6 Å². The number of unbranched alkanes of at least 4 members (excludes halogenated alkanes) is 5. The largest absolute Gasteiger partial charge is 0.310 e. The Hall–Kier alpha value is -0.160. The first-order valence-corrected chi connectivity index (χ1v) is 12.6. The number of hydrogen-bond acceptors (Lipinski definition) is 4. The van der Waals surface area contributed by atoms with Gasteiger partial charge in [-0.3, -0.25) is 15.1 Å². The third kappa shape index (κ3) is 8.69. The van der Waals surface area contributed by atoms with Gasteiger partial charge in [0.25, 0.3) is 0 Å². The fourth-order valence-corrected chi connectivity index (χ4v) is 4.60. The van der Waals surface area contributed by atoms with Gasteiger partial charge >= 0.3 is 0 Å². The topological polar surface area (TPSA) is 30.5 Å². The molecule has 0 fully saturated rings. The van der Waals surface area contributed by atoms with Crippen molar-refractivity contribution in [1.82, 2.24) is 20.4 Å². The van der Waals surface area contributed by atoms with Gasteiger partial charge < -0.3 is 5.32 Å². The molecule has 170 valence electrons. The number of hydrogen-bond donors (Lipinski definition) is 2. The van der Waals surface area contributed by atoms with Crippen LogP contribution >= 0.6 is 0 Å². The molecule has 0 saturated carbocycles. The Morgan fingerprint density at radius 1 is 0.607 bits per heavy atom. The first kappa shape index (κ1) is 27.8. The van der Waals surface area contributed by atoms with Crippen molar-refractivity contribution in [3.8, 4) is 0 Å². The Kier molecular flexibility index (Phi) is 17.6. The van der Waals surface area contributed by atoms with Gasteiger partial charge in [-0.15, -0.1) is 0 Å². The highest BCUT2D eigenvalue weighted by atomic mass is 15.5.